The lowest BCUT2D eigenvalue weighted by atomic mass is 10.1. The molecule has 0 bridgehead atoms. The number of anilines is 1. The molecule has 1 N–H and O–H groups in total. The van der Waals surface area contributed by atoms with E-state index in [1.54, 1.807) is 0 Å². The number of aromatic nitrogens is 2. The van der Waals surface area contributed by atoms with Crippen molar-refractivity contribution in [3.8, 4) is 11.5 Å². The van der Waals surface area contributed by atoms with Gasteiger partial charge in [-0.05, 0) is 38.5 Å². The lowest BCUT2D eigenvalue weighted by Crippen LogP contribution is -2.31. The highest BCUT2D eigenvalue weighted by Gasteiger charge is 2.23. The van der Waals surface area contributed by atoms with Crippen molar-refractivity contribution in [1.82, 2.24) is 15.1 Å². The molecule has 1 aliphatic heterocycles. The molecule has 1 atom stereocenters. The zero-order valence-corrected chi connectivity index (χ0v) is 11.9. The van der Waals surface area contributed by atoms with Gasteiger partial charge in [-0.1, -0.05) is 6.07 Å². The van der Waals surface area contributed by atoms with Crippen LogP contribution in [-0.4, -0.2) is 40.3 Å². The Hall–Kier alpha value is -1.88. The van der Waals surface area contributed by atoms with Crippen LogP contribution in [0.25, 0.3) is 11.5 Å². The van der Waals surface area contributed by atoms with Crippen LogP contribution in [0.5, 0.6) is 0 Å². The standard InChI is InChI=1S/C15H20N4O/c1-11(2)19-7-6-14(9-19)17-13-5-3-4-12(8-13)15-18-16-10-20-15/h3-5,8,10-11,14,17H,6-7,9H2,1-2H3. The summed E-state index contributed by atoms with van der Waals surface area (Å²) in [7, 11) is 0. The quantitative estimate of drug-likeness (QED) is 0.927. The molecule has 0 aliphatic carbocycles. The molecule has 0 radical (unpaired) electrons. The van der Waals surface area contributed by atoms with E-state index in [9.17, 15) is 0 Å². The molecule has 1 aromatic carbocycles. The number of hydrogen-bond acceptors (Lipinski definition) is 5. The molecule has 1 unspecified atom stereocenters. The number of nitrogens with one attached hydrogen (secondary N) is 1. The van der Waals surface area contributed by atoms with Gasteiger partial charge in [-0.2, -0.15) is 0 Å². The van der Waals surface area contributed by atoms with Crippen molar-refractivity contribution in [2.75, 3.05) is 18.4 Å². The molecule has 106 valence electrons. The Bertz CT molecular complexity index is 553. The maximum absolute atomic E-state index is 5.23. The van der Waals surface area contributed by atoms with Crippen LogP contribution in [0.4, 0.5) is 5.69 Å². The first-order valence-corrected chi connectivity index (χ1v) is 7.09. The Morgan fingerprint density at radius 1 is 1.40 bits per heavy atom. The highest BCUT2D eigenvalue weighted by Crippen LogP contribution is 2.23. The summed E-state index contributed by atoms with van der Waals surface area (Å²) in [5.41, 5.74) is 2.06. The van der Waals surface area contributed by atoms with Gasteiger partial charge in [0.05, 0.1) is 0 Å². The highest BCUT2D eigenvalue weighted by molar-refractivity contribution is 5.61. The third kappa shape index (κ3) is 2.82. The molecule has 3 rings (SSSR count). The van der Waals surface area contributed by atoms with Crippen LogP contribution < -0.4 is 5.32 Å². The zero-order valence-electron chi connectivity index (χ0n) is 11.9. The Kier molecular flexibility index (Phi) is 3.69. The second-order valence-electron chi connectivity index (χ2n) is 5.54. The summed E-state index contributed by atoms with van der Waals surface area (Å²) < 4.78 is 5.23. The lowest BCUT2D eigenvalue weighted by molar-refractivity contribution is 0.274. The topological polar surface area (TPSA) is 54.2 Å². The van der Waals surface area contributed by atoms with E-state index in [2.05, 4.69) is 46.4 Å². The first kappa shape index (κ1) is 13.1. The number of benzene rings is 1. The van der Waals surface area contributed by atoms with E-state index in [0.717, 1.165) is 17.8 Å². The largest absolute Gasteiger partial charge is 0.423 e. The fraction of sp³-hybridized carbons (Fsp3) is 0.467. The molecule has 2 heterocycles. The Morgan fingerprint density at radius 2 is 2.30 bits per heavy atom. The molecule has 0 amide bonds. The maximum Gasteiger partial charge on any atom is 0.247 e. The van der Waals surface area contributed by atoms with Crippen molar-refractivity contribution in [3.63, 3.8) is 0 Å². The summed E-state index contributed by atoms with van der Waals surface area (Å²) in [4.78, 5) is 2.50. The minimum absolute atomic E-state index is 0.510. The van der Waals surface area contributed by atoms with Gasteiger partial charge >= 0.3 is 0 Å². The van der Waals surface area contributed by atoms with Gasteiger partial charge in [0, 0.05) is 36.4 Å². The van der Waals surface area contributed by atoms with Crippen LogP contribution in [0.2, 0.25) is 0 Å². The lowest BCUT2D eigenvalue weighted by Gasteiger charge is -2.21. The van der Waals surface area contributed by atoms with Crippen molar-refractivity contribution in [1.29, 1.82) is 0 Å². The average Bonchev–Trinajstić information content (AvgIpc) is 3.10. The van der Waals surface area contributed by atoms with Gasteiger partial charge in [0.2, 0.25) is 12.3 Å². The van der Waals surface area contributed by atoms with E-state index in [1.807, 2.05) is 12.1 Å². The van der Waals surface area contributed by atoms with Gasteiger partial charge in [0.1, 0.15) is 0 Å². The third-order valence-corrected chi connectivity index (χ3v) is 3.79. The van der Waals surface area contributed by atoms with Crippen LogP contribution in [0.1, 0.15) is 20.3 Å². The normalized spacial score (nSPS) is 19.6. The van der Waals surface area contributed by atoms with Gasteiger partial charge in [-0.3, -0.25) is 4.90 Å². The van der Waals surface area contributed by atoms with Crippen molar-refractivity contribution in [3.05, 3.63) is 30.7 Å². The monoisotopic (exact) mass is 272 g/mol. The smallest absolute Gasteiger partial charge is 0.247 e. The van der Waals surface area contributed by atoms with Crippen LogP contribution in [0.15, 0.2) is 35.1 Å². The van der Waals surface area contributed by atoms with Crippen LogP contribution in [-0.2, 0) is 0 Å². The van der Waals surface area contributed by atoms with Gasteiger partial charge in [0.15, 0.2) is 0 Å². The number of rotatable bonds is 4. The maximum atomic E-state index is 5.23. The van der Waals surface area contributed by atoms with Crippen LogP contribution in [0.3, 0.4) is 0 Å². The van der Waals surface area contributed by atoms with Crippen LogP contribution in [0, 0.1) is 0 Å². The molecule has 1 aliphatic rings. The molecule has 2 aromatic rings. The van der Waals surface area contributed by atoms with Crippen molar-refractivity contribution in [2.45, 2.75) is 32.4 Å². The SMILES string of the molecule is CC(C)N1CCC(Nc2cccc(-c3nnco3)c2)C1. The molecule has 1 saturated heterocycles. The molecule has 5 nitrogen and oxygen atoms in total. The predicted octanol–water partition coefficient (Wildman–Crippen LogP) is 2.63. The van der Waals surface area contributed by atoms with Crippen molar-refractivity contribution in [2.24, 2.45) is 0 Å². The fourth-order valence-electron chi connectivity index (χ4n) is 2.65. The van der Waals surface area contributed by atoms with Gasteiger partial charge < -0.3 is 9.73 Å². The van der Waals surface area contributed by atoms with Crippen LogP contribution >= 0.6 is 0 Å². The molecular weight excluding hydrogens is 252 g/mol. The summed E-state index contributed by atoms with van der Waals surface area (Å²) in [6, 6.07) is 9.26. The summed E-state index contributed by atoms with van der Waals surface area (Å²) in [6.45, 7) is 6.76. The Morgan fingerprint density at radius 3 is 3.00 bits per heavy atom. The second-order valence-corrected chi connectivity index (χ2v) is 5.54. The van der Waals surface area contributed by atoms with E-state index < -0.39 is 0 Å². The van der Waals surface area contributed by atoms with E-state index in [4.69, 9.17) is 4.42 Å². The number of likely N-dealkylation sites (tertiary alicyclic amines) is 1. The first-order chi connectivity index (χ1) is 9.72. The number of nitrogens with zero attached hydrogens (tertiary/aromatic N) is 3. The van der Waals surface area contributed by atoms with E-state index >= 15 is 0 Å². The summed E-state index contributed by atoms with van der Waals surface area (Å²) >= 11 is 0. The molecule has 0 spiro atoms. The summed E-state index contributed by atoms with van der Waals surface area (Å²) in [5.74, 6) is 0.559. The second kappa shape index (κ2) is 5.63. The predicted molar refractivity (Wildman–Crippen MR) is 78.5 cm³/mol. The Balaban J connectivity index is 1.68. The van der Waals surface area contributed by atoms with E-state index in [1.165, 1.54) is 19.4 Å². The molecule has 0 saturated carbocycles. The highest BCUT2D eigenvalue weighted by atomic mass is 16.4. The molecule has 20 heavy (non-hydrogen) atoms. The van der Waals surface area contributed by atoms with Crippen molar-refractivity contribution >= 4 is 5.69 Å². The van der Waals surface area contributed by atoms with Gasteiger partial charge in [-0.25, -0.2) is 0 Å². The van der Waals surface area contributed by atoms with E-state index in [-0.39, 0.29) is 0 Å². The van der Waals surface area contributed by atoms with Gasteiger partial charge in [0.25, 0.3) is 0 Å². The molecule has 5 heteroatoms. The minimum Gasteiger partial charge on any atom is -0.423 e. The third-order valence-electron chi connectivity index (χ3n) is 3.79. The summed E-state index contributed by atoms with van der Waals surface area (Å²) in [5, 5.41) is 11.3. The molecule has 1 aromatic heterocycles. The summed E-state index contributed by atoms with van der Waals surface area (Å²) in [6.07, 6.45) is 2.54. The Labute approximate surface area is 119 Å². The van der Waals surface area contributed by atoms with Gasteiger partial charge in [-0.15, -0.1) is 10.2 Å². The average molecular weight is 272 g/mol. The fourth-order valence-corrected chi connectivity index (χ4v) is 2.65. The molecule has 1 fully saturated rings. The van der Waals surface area contributed by atoms with Crippen molar-refractivity contribution < 1.29 is 4.42 Å². The minimum atomic E-state index is 0.510. The van der Waals surface area contributed by atoms with E-state index in [0.29, 0.717) is 18.0 Å². The first-order valence-electron chi connectivity index (χ1n) is 7.09. The zero-order chi connectivity index (χ0) is 13.9. The number of hydrogen-bond donors (Lipinski definition) is 1. The molecular formula is C15H20N4O.